The van der Waals surface area contributed by atoms with Gasteiger partial charge < -0.3 is 19.6 Å². The van der Waals surface area contributed by atoms with Gasteiger partial charge in [-0.05, 0) is 6.07 Å². The van der Waals surface area contributed by atoms with Crippen LogP contribution < -0.4 is 4.74 Å². The van der Waals surface area contributed by atoms with Crippen LogP contribution in [0.25, 0.3) is 0 Å². The molecule has 0 saturated carbocycles. The number of carbonyl (C=O) groups excluding carboxylic acids is 2. The van der Waals surface area contributed by atoms with E-state index in [1.807, 2.05) is 29.2 Å². The molecular weight excluding hydrogens is 322 g/mol. The molecule has 1 saturated heterocycles. The maximum atomic E-state index is 12.6. The van der Waals surface area contributed by atoms with Crippen LogP contribution in [0, 0.1) is 0 Å². The largest absolute Gasteiger partial charge is 0.496 e. The highest BCUT2D eigenvalue weighted by molar-refractivity contribution is 5.79. The molecule has 138 valence electrons. The lowest BCUT2D eigenvalue weighted by Gasteiger charge is -2.35. The molecule has 0 aliphatic carbocycles. The molecule has 0 unspecified atom stereocenters. The van der Waals surface area contributed by atoms with Crippen LogP contribution in [-0.2, 0) is 16.1 Å². The monoisotopic (exact) mass is 349 g/mol. The molecule has 1 heterocycles. The first-order valence-electron chi connectivity index (χ1n) is 8.53. The number of methoxy groups -OCH3 is 1. The van der Waals surface area contributed by atoms with Crippen LogP contribution in [0.15, 0.2) is 24.3 Å². The average Bonchev–Trinajstić information content (AvgIpc) is 2.62. The van der Waals surface area contributed by atoms with Crippen LogP contribution >= 0.6 is 0 Å². The van der Waals surface area contributed by atoms with Gasteiger partial charge in [0.15, 0.2) is 0 Å². The van der Waals surface area contributed by atoms with E-state index >= 15 is 0 Å². The summed E-state index contributed by atoms with van der Waals surface area (Å²) in [6.45, 7) is 4.98. The van der Waals surface area contributed by atoms with Crippen molar-refractivity contribution in [3.8, 4) is 5.75 Å². The van der Waals surface area contributed by atoms with Crippen molar-refractivity contribution in [2.45, 2.75) is 13.5 Å². The van der Waals surface area contributed by atoms with E-state index in [4.69, 9.17) is 4.74 Å². The third-order valence-electron chi connectivity index (χ3n) is 4.44. The molecule has 0 bridgehead atoms. The van der Waals surface area contributed by atoms with Crippen molar-refractivity contribution in [1.82, 2.24) is 14.7 Å². The molecule has 1 aromatic carbocycles. The van der Waals surface area contributed by atoms with Crippen LogP contribution in [0.1, 0.15) is 12.5 Å². The summed E-state index contributed by atoms with van der Waals surface area (Å²) in [5, 5.41) is 9.32. The summed E-state index contributed by atoms with van der Waals surface area (Å²) in [4.78, 5) is 29.4. The topological polar surface area (TPSA) is 73.3 Å². The molecule has 2 amide bonds. The van der Waals surface area contributed by atoms with Crippen LogP contribution in [0.3, 0.4) is 0 Å². The second kappa shape index (κ2) is 9.39. The standard InChI is InChI=1S/C18H27N3O4/c1-15(23)20-7-9-21(10-8-20)18(24)14-19(11-12-22)13-16-5-3-4-6-17(16)25-2/h3-6,22H,7-14H2,1-2H3. The summed E-state index contributed by atoms with van der Waals surface area (Å²) in [7, 11) is 1.62. The van der Waals surface area contributed by atoms with E-state index in [2.05, 4.69) is 0 Å². The van der Waals surface area contributed by atoms with Crippen molar-refractivity contribution in [3.05, 3.63) is 29.8 Å². The van der Waals surface area contributed by atoms with E-state index in [0.717, 1.165) is 11.3 Å². The normalized spacial score (nSPS) is 14.7. The molecule has 1 aliphatic rings. The lowest BCUT2D eigenvalue weighted by Crippen LogP contribution is -2.52. The van der Waals surface area contributed by atoms with Crippen molar-refractivity contribution < 1.29 is 19.4 Å². The number of carbonyl (C=O) groups is 2. The second-order valence-corrected chi connectivity index (χ2v) is 6.13. The number of piperazine rings is 1. The minimum Gasteiger partial charge on any atom is -0.496 e. The van der Waals surface area contributed by atoms with Crippen molar-refractivity contribution in [3.63, 3.8) is 0 Å². The number of ether oxygens (including phenoxy) is 1. The van der Waals surface area contributed by atoms with Crippen LogP contribution in [0.2, 0.25) is 0 Å². The van der Waals surface area contributed by atoms with Crippen LogP contribution in [0.4, 0.5) is 0 Å². The van der Waals surface area contributed by atoms with Gasteiger partial charge in [0.05, 0.1) is 20.3 Å². The Morgan fingerprint density at radius 3 is 2.40 bits per heavy atom. The molecule has 1 fully saturated rings. The van der Waals surface area contributed by atoms with E-state index in [0.29, 0.717) is 39.3 Å². The number of amides is 2. The van der Waals surface area contributed by atoms with Gasteiger partial charge in [-0.15, -0.1) is 0 Å². The van der Waals surface area contributed by atoms with Crippen LogP contribution in [-0.4, -0.2) is 84.6 Å². The molecule has 2 rings (SSSR count). The maximum absolute atomic E-state index is 12.6. The molecular formula is C18H27N3O4. The quantitative estimate of drug-likeness (QED) is 0.760. The lowest BCUT2D eigenvalue weighted by atomic mass is 10.2. The molecule has 25 heavy (non-hydrogen) atoms. The Morgan fingerprint density at radius 1 is 1.16 bits per heavy atom. The van der Waals surface area contributed by atoms with E-state index in [9.17, 15) is 14.7 Å². The lowest BCUT2D eigenvalue weighted by molar-refractivity contribution is -0.139. The minimum atomic E-state index is -0.0133. The van der Waals surface area contributed by atoms with E-state index < -0.39 is 0 Å². The van der Waals surface area contributed by atoms with Gasteiger partial charge in [-0.25, -0.2) is 0 Å². The Bertz CT molecular complexity index is 585. The molecule has 1 N–H and O–H groups in total. The number of rotatable bonds is 7. The summed E-state index contributed by atoms with van der Waals surface area (Å²) in [6.07, 6.45) is 0. The number of aliphatic hydroxyl groups excluding tert-OH is 1. The SMILES string of the molecule is COc1ccccc1CN(CCO)CC(=O)N1CCN(C(C)=O)CC1. The summed E-state index contributed by atoms with van der Waals surface area (Å²) < 4.78 is 5.36. The van der Waals surface area contributed by atoms with Crippen molar-refractivity contribution in [1.29, 1.82) is 0 Å². The molecule has 0 spiro atoms. The van der Waals surface area contributed by atoms with E-state index in [1.165, 1.54) is 0 Å². The maximum Gasteiger partial charge on any atom is 0.236 e. The molecule has 7 nitrogen and oxygen atoms in total. The summed E-state index contributed by atoms with van der Waals surface area (Å²) in [5.41, 5.74) is 0.979. The number of hydrogen-bond acceptors (Lipinski definition) is 5. The van der Waals surface area contributed by atoms with Crippen molar-refractivity contribution in [2.75, 3.05) is 53.0 Å². The fourth-order valence-electron chi connectivity index (χ4n) is 2.99. The predicted molar refractivity (Wildman–Crippen MR) is 94.2 cm³/mol. The highest BCUT2D eigenvalue weighted by atomic mass is 16.5. The predicted octanol–water partition coefficient (Wildman–Crippen LogP) is 0.180. The third kappa shape index (κ3) is 5.44. The number of para-hydroxylation sites is 1. The minimum absolute atomic E-state index is 0.0133. The Balaban J connectivity index is 1.94. The first-order chi connectivity index (χ1) is 12.0. The molecule has 0 atom stereocenters. The van der Waals surface area contributed by atoms with E-state index in [1.54, 1.807) is 23.8 Å². The Morgan fingerprint density at radius 2 is 1.80 bits per heavy atom. The Kier molecular flexibility index (Phi) is 7.21. The highest BCUT2D eigenvalue weighted by Crippen LogP contribution is 2.19. The van der Waals surface area contributed by atoms with Crippen molar-refractivity contribution in [2.24, 2.45) is 0 Å². The zero-order valence-electron chi connectivity index (χ0n) is 15.0. The van der Waals surface area contributed by atoms with Gasteiger partial charge in [0.2, 0.25) is 11.8 Å². The Labute approximate surface area is 148 Å². The molecule has 0 radical (unpaired) electrons. The summed E-state index contributed by atoms with van der Waals surface area (Å²) in [6, 6.07) is 7.67. The first kappa shape index (κ1) is 19.2. The van der Waals surface area contributed by atoms with Gasteiger partial charge in [0.25, 0.3) is 0 Å². The first-order valence-corrected chi connectivity index (χ1v) is 8.53. The number of hydrogen-bond donors (Lipinski definition) is 1. The van der Waals surface area contributed by atoms with Gasteiger partial charge in [0.1, 0.15) is 5.75 Å². The van der Waals surface area contributed by atoms with Crippen LogP contribution in [0.5, 0.6) is 5.75 Å². The van der Waals surface area contributed by atoms with Gasteiger partial charge in [-0.1, -0.05) is 18.2 Å². The van der Waals surface area contributed by atoms with Gasteiger partial charge >= 0.3 is 0 Å². The fourth-order valence-corrected chi connectivity index (χ4v) is 2.99. The van der Waals surface area contributed by atoms with Crippen molar-refractivity contribution >= 4 is 11.8 Å². The number of nitrogens with zero attached hydrogens (tertiary/aromatic N) is 3. The summed E-state index contributed by atoms with van der Waals surface area (Å²) in [5.74, 6) is 0.838. The zero-order valence-corrected chi connectivity index (χ0v) is 15.0. The Hall–Kier alpha value is -2.12. The molecule has 0 aromatic heterocycles. The number of benzene rings is 1. The van der Waals surface area contributed by atoms with Gasteiger partial charge in [-0.2, -0.15) is 0 Å². The second-order valence-electron chi connectivity index (χ2n) is 6.13. The summed E-state index contributed by atoms with van der Waals surface area (Å²) >= 11 is 0. The zero-order chi connectivity index (χ0) is 18.2. The number of aliphatic hydroxyl groups is 1. The third-order valence-corrected chi connectivity index (χ3v) is 4.44. The highest BCUT2D eigenvalue weighted by Gasteiger charge is 2.24. The average molecular weight is 349 g/mol. The van der Waals surface area contributed by atoms with E-state index in [-0.39, 0.29) is 25.0 Å². The smallest absolute Gasteiger partial charge is 0.236 e. The van der Waals surface area contributed by atoms with Gasteiger partial charge in [0, 0.05) is 51.8 Å². The molecule has 1 aliphatic heterocycles. The molecule has 1 aromatic rings. The molecule has 7 heteroatoms. The fraction of sp³-hybridized carbons (Fsp3) is 0.556. The van der Waals surface area contributed by atoms with Gasteiger partial charge in [-0.3, -0.25) is 14.5 Å².